The molecule has 0 aromatic rings. The van der Waals surface area contributed by atoms with Gasteiger partial charge in [0.2, 0.25) is 0 Å². The lowest BCUT2D eigenvalue weighted by Gasteiger charge is -2.42. The monoisotopic (exact) mass is 254 g/mol. The highest BCUT2D eigenvalue weighted by atomic mass is 15.3. The van der Waals surface area contributed by atoms with Crippen LogP contribution < -0.4 is 11.1 Å². The van der Waals surface area contributed by atoms with Gasteiger partial charge in [-0.2, -0.15) is 0 Å². The van der Waals surface area contributed by atoms with Gasteiger partial charge in [0.05, 0.1) is 0 Å². The third-order valence-corrected chi connectivity index (χ3v) is 4.57. The van der Waals surface area contributed by atoms with E-state index in [-0.39, 0.29) is 0 Å². The van der Waals surface area contributed by atoms with Gasteiger partial charge in [-0.1, -0.05) is 13.8 Å². The summed E-state index contributed by atoms with van der Waals surface area (Å²) in [5.74, 6) is 0.717. The van der Waals surface area contributed by atoms with Gasteiger partial charge in [-0.05, 0) is 25.8 Å². The minimum atomic E-state index is 0.448. The Morgan fingerprint density at radius 1 is 1.17 bits per heavy atom. The first-order valence-electron chi connectivity index (χ1n) is 7.48. The third kappa shape index (κ3) is 3.67. The van der Waals surface area contributed by atoms with Gasteiger partial charge in [0, 0.05) is 50.8 Å². The van der Waals surface area contributed by atoms with Crippen molar-refractivity contribution < 1.29 is 0 Å². The second-order valence-corrected chi connectivity index (χ2v) is 6.49. The fraction of sp³-hybridized carbons (Fsp3) is 1.00. The van der Waals surface area contributed by atoms with Crippen LogP contribution in [0.5, 0.6) is 0 Å². The maximum Gasteiger partial charge on any atom is 0.0244 e. The van der Waals surface area contributed by atoms with Gasteiger partial charge in [-0.3, -0.25) is 4.90 Å². The molecule has 18 heavy (non-hydrogen) atoms. The summed E-state index contributed by atoms with van der Waals surface area (Å²) >= 11 is 0. The average Bonchev–Trinajstić information content (AvgIpc) is 2.28. The van der Waals surface area contributed by atoms with Crippen LogP contribution in [0, 0.1) is 5.92 Å². The summed E-state index contributed by atoms with van der Waals surface area (Å²) in [6.07, 6.45) is 2.32. The van der Waals surface area contributed by atoms with Crippen LogP contribution in [0.25, 0.3) is 0 Å². The first kappa shape index (κ1) is 14.3. The quantitative estimate of drug-likeness (QED) is 0.742. The average molecular weight is 254 g/mol. The van der Waals surface area contributed by atoms with E-state index >= 15 is 0 Å². The molecule has 1 heterocycles. The molecule has 1 aliphatic heterocycles. The maximum atomic E-state index is 5.84. The molecular weight excluding hydrogens is 224 g/mol. The minimum Gasteiger partial charge on any atom is -0.328 e. The van der Waals surface area contributed by atoms with Gasteiger partial charge in [0.15, 0.2) is 0 Å². The summed E-state index contributed by atoms with van der Waals surface area (Å²) in [5.41, 5.74) is 5.84. The van der Waals surface area contributed by atoms with Gasteiger partial charge in [0.1, 0.15) is 0 Å². The third-order valence-electron chi connectivity index (χ3n) is 4.57. The molecule has 0 amide bonds. The highest BCUT2D eigenvalue weighted by Gasteiger charge is 2.29. The summed E-state index contributed by atoms with van der Waals surface area (Å²) in [6.45, 7) is 10.7. The molecule has 0 aromatic carbocycles. The number of hydrogen-bond acceptors (Lipinski definition) is 4. The molecule has 1 saturated carbocycles. The Kier molecular flexibility index (Phi) is 5.01. The Bertz CT molecular complexity index is 242. The maximum absolute atomic E-state index is 5.84. The van der Waals surface area contributed by atoms with Crippen molar-refractivity contribution in [3.63, 3.8) is 0 Å². The minimum absolute atomic E-state index is 0.448. The topological polar surface area (TPSA) is 44.5 Å². The summed E-state index contributed by atoms with van der Waals surface area (Å²) < 4.78 is 0. The molecule has 1 atom stereocenters. The van der Waals surface area contributed by atoms with Crippen molar-refractivity contribution in [2.45, 2.75) is 44.8 Å². The predicted molar refractivity (Wildman–Crippen MR) is 76.7 cm³/mol. The van der Waals surface area contributed by atoms with Crippen LogP contribution in [-0.4, -0.2) is 67.7 Å². The molecule has 0 bridgehead atoms. The number of nitrogens with two attached hydrogens (primary N) is 1. The number of likely N-dealkylation sites (N-methyl/N-ethyl adjacent to an activating group) is 1. The SMILES string of the molecule is CC(C)C(CNC1CC(N)C1)N1CCN(C)CC1. The summed E-state index contributed by atoms with van der Waals surface area (Å²) in [4.78, 5) is 5.09. The van der Waals surface area contributed by atoms with Gasteiger partial charge < -0.3 is 16.0 Å². The Morgan fingerprint density at radius 2 is 1.78 bits per heavy atom. The van der Waals surface area contributed by atoms with Crippen LogP contribution in [0.3, 0.4) is 0 Å². The van der Waals surface area contributed by atoms with Crippen molar-refractivity contribution in [1.82, 2.24) is 15.1 Å². The van der Waals surface area contributed by atoms with E-state index in [2.05, 4.69) is 36.0 Å². The second-order valence-electron chi connectivity index (χ2n) is 6.49. The normalized spacial score (nSPS) is 32.5. The van der Waals surface area contributed by atoms with Crippen LogP contribution in [0.1, 0.15) is 26.7 Å². The number of nitrogens with one attached hydrogen (secondary N) is 1. The predicted octanol–water partition coefficient (Wildman–Crippen LogP) is 0.338. The molecule has 0 aromatic heterocycles. The van der Waals surface area contributed by atoms with Crippen LogP contribution in [0.2, 0.25) is 0 Å². The summed E-state index contributed by atoms with van der Waals surface area (Å²) in [7, 11) is 2.22. The van der Waals surface area contributed by atoms with E-state index in [1.54, 1.807) is 0 Å². The molecular formula is C14H30N4. The second kappa shape index (κ2) is 6.33. The lowest BCUT2D eigenvalue weighted by atomic mass is 9.87. The van der Waals surface area contributed by atoms with Crippen LogP contribution in [0.4, 0.5) is 0 Å². The molecule has 2 fully saturated rings. The number of rotatable bonds is 5. The largest absolute Gasteiger partial charge is 0.328 e. The van der Waals surface area contributed by atoms with Gasteiger partial charge >= 0.3 is 0 Å². The molecule has 4 nitrogen and oxygen atoms in total. The molecule has 0 spiro atoms. The van der Waals surface area contributed by atoms with Crippen LogP contribution in [-0.2, 0) is 0 Å². The van der Waals surface area contributed by atoms with E-state index in [1.807, 2.05) is 0 Å². The highest BCUT2D eigenvalue weighted by Crippen LogP contribution is 2.19. The molecule has 0 radical (unpaired) electrons. The van der Waals surface area contributed by atoms with E-state index in [0.717, 1.165) is 25.3 Å². The van der Waals surface area contributed by atoms with E-state index in [0.29, 0.717) is 18.1 Å². The van der Waals surface area contributed by atoms with Crippen LogP contribution >= 0.6 is 0 Å². The zero-order chi connectivity index (χ0) is 13.1. The van der Waals surface area contributed by atoms with Crippen molar-refractivity contribution in [3.8, 4) is 0 Å². The molecule has 1 unspecified atom stereocenters. The van der Waals surface area contributed by atoms with Crippen molar-refractivity contribution in [1.29, 1.82) is 0 Å². The van der Waals surface area contributed by atoms with E-state index < -0.39 is 0 Å². The number of nitrogens with zero attached hydrogens (tertiary/aromatic N) is 2. The van der Waals surface area contributed by atoms with E-state index in [4.69, 9.17) is 5.73 Å². The van der Waals surface area contributed by atoms with Crippen molar-refractivity contribution in [2.24, 2.45) is 11.7 Å². The molecule has 4 heteroatoms. The summed E-state index contributed by atoms with van der Waals surface area (Å²) in [5, 5.41) is 3.70. The Balaban J connectivity index is 1.76. The molecule has 106 valence electrons. The Labute approximate surface area is 112 Å². The molecule has 2 aliphatic rings. The summed E-state index contributed by atoms with van der Waals surface area (Å²) in [6, 6.07) is 1.80. The van der Waals surface area contributed by atoms with Gasteiger partial charge in [-0.15, -0.1) is 0 Å². The Morgan fingerprint density at radius 3 is 2.28 bits per heavy atom. The number of piperazine rings is 1. The fourth-order valence-electron chi connectivity index (χ4n) is 3.06. The number of hydrogen-bond donors (Lipinski definition) is 2. The lowest BCUT2D eigenvalue weighted by Crippen LogP contribution is -2.56. The Hall–Kier alpha value is -0.160. The van der Waals surface area contributed by atoms with Crippen molar-refractivity contribution >= 4 is 0 Å². The standard InChI is InChI=1S/C14H30N4/c1-11(2)14(10-16-13-8-12(15)9-13)18-6-4-17(3)5-7-18/h11-14,16H,4-10,15H2,1-3H3. The van der Waals surface area contributed by atoms with Crippen molar-refractivity contribution in [2.75, 3.05) is 39.8 Å². The first-order valence-corrected chi connectivity index (χ1v) is 7.48. The molecule has 1 aliphatic carbocycles. The van der Waals surface area contributed by atoms with E-state index in [1.165, 1.54) is 26.2 Å². The van der Waals surface area contributed by atoms with Crippen LogP contribution in [0.15, 0.2) is 0 Å². The first-order chi connectivity index (χ1) is 8.56. The molecule has 1 saturated heterocycles. The molecule has 3 N–H and O–H groups in total. The lowest BCUT2D eigenvalue weighted by molar-refractivity contribution is 0.0831. The zero-order valence-corrected chi connectivity index (χ0v) is 12.2. The van der Waals surface area contributed by atoms with Gasteiger partial charge in [0.25, 0.3) is 0 Å². The van der Waals surface area contributed by atoms with E-state index in [9.17, 15) is 0 Å². The smallest absolute Gasteiger partial charge is 0.0244 e. The zero-order valence-electron chi connectivity index (χ0n) is 12.2. The van der Waals surface area contributed by atoms with Crippen molar-refractivity contribution in [3.05, 3.63) is 0 Å². The fourth-order valence-corrected chi connectivity index (χ4v) is 3.06. The van der Waals surface area contributed by atoms with Gasteiger partial charge in [-0.25, -0.2) is 0 Å². The highest BCUT2D eigenvalue weighted by molar-refractivity contribution is 4.90. The molecule has 2 rings (SSSR count).